The molecule has 144 valence electrons. The number of benzene rings is 2. The highest BCUT2D eigenvalue weighted by molar-refractivity contribution is 5.93. The predicted octanol–water partition coefficient (Wildman–Crippen LogP) is 3.52. The maximum absolute atomic E-state index is 12.8. The van der Waals surface area contributed by atoms with Gasteiger partial charge in [0.25, 0.3) is 0 Å². The number of para-hydroxylation sites is 1. The molecule has 3 aliphatic rings. The van der Waals surface area contributed by atoms with Crippen molar-refractivity contribution in [2.75, 3.05) is 25.6 Å². The molecule has 0 amide bonds. The lowest BCUT2D eigenvalue weighted by molar-refractivity contribution is -0.136. The Kier molecular flexibility index (Phi) is 4.06. The van der Waals surface area contributed by atoms with Crippen LogP contribution in [0.15, 0.2) is 66.2 Å². The van der Waals surface area contributed by atoms with E-state index in [-0.39, 0.29) is 17.4 Å². The zero-order valence-electron chi connectivity index (χ0n) is 16.5. The van der Waals surface area contributed by atoms with E-state index < -0.39 is 0 Å². The van der Waals surface area contributed by atoms with Gasteiger partial charge in [0.15, 0.2) is 0 Å². The molecule has 2 aliphatic heterocycles. The van der Waals surface area contributed by atoms with Crippen molar-refractivity contribution in [2.45, 2.75) is 36.9 Å². The van der Waals surface area contributed by atoms with E-state index in [1.54, 1.807) is 0 Å². The molecular weight excluding hydrogens is 348 g/mol. The highest BCUT2D eigenvalue weighted by atomic mass is 16.5. The van der Waals surface area contributed by atoms with Crippen LogP contribution in [0.1, 0.15) is 24.0 Å². The Hall–Kier alpha value is -2.59. The maximum Gasteiger partial charge on any atom is 0.335 e. The van der Waals surface area contributed by atoms with Crippen LogP contribution in [0, 0.1) is 0 Å². The van der Waals surface area contributed by atoms with Crippen LogP contribution in [-0.4, -0.2) is 43.7 Å². The standard InChI is InChI=1S/C24H26N2O2/c1-25-15-14-24-19-10-6-7-11-20(19)26(16-17-8-4-3-5-9-17)22(24)18(23(27)28-2)12-13-21(24)25/h3-12,21-22H,13-16H2,1-2H3/t21-,22?,24?/m1/s1. The number of carbonyl (C=O) groups is 1. The van der Waals surface area contributed by atoms with Crippen LogP contribution in [0.3, 0.4) is 0 Å². The van der Waals surface area contributed by atoms with E-state index in [0.29, 0.717) is 6.04 Å². The van der Waals surface area contributed by atoms with Crippen molar-refractivity contribution < 1.29 is 9.53 Å². The molecule has 3 atom stereocenters. The second kappa shape index (κ2) is 6.49. The van der Waals surface area contributed by atoms with Gasteiger partial charge in [0.1, 0.15) is 0 Å². The minimum atomic E-state index is -0.191. The lowest BCUT2D eigenvalue weighted by Gasteiger charge is -2.45. The molecule has 1 saturated heterocycles. The Labute approximate surface area is 166 Å². The number of likely N-dealkylation sites (N-methyl/N-ethyl adjacent to an activating group) is 1. The molecule has 0 aromatic heterocycles. The number of anilines is 1. The molecule has 0 saturated carbocycles. The van der Waals surface area contributed by atoms with Crippen LogP contribution < -0.4 is 4.90 Å². The Bertz CT molecular complexity index is 939. The summed E-state index contributed by atoms with van der Waals surface area (Å²) in [5, 5.41) is 0. The van der Waals surface area contributed by atoms with E-state index in [4.69, 9.17) is 4.74 Å². The molecule has 2 aromatic carbocycles. The van der Waals surface area contributed by atoms with E-state index in [1.807, 2.05) is 6.07 Å². The average molecular weight is 374 g/mol. The first kappa shape index (κ1) is 17.5. The van der Waals surface area contributed by atoms with Crippen molar-refractivity contribution in [1.29, 1.82) is 0 Å². The molecule has 0 radical (unpaired) electrons. The highest BCUT2D eigenvalue weighted by Gasteiger charge is 2.62. The van der Waals surface area contributed by atoms with Gasteiger partial charge in [0.05, 0.1) is 18.7 Å². The van der Waals surface area contributed by atoms with Gasteiger partial charge >= 0.3 is 5.97 Å². The topological polar surface area (TPSA) is 32.8 Å². The summed E-state index contributed by atoms with van der Waals surface area (Å²) in [7, 11) is 3.71. The van der Waals surface area contributed by atoms with Crippen LogP contribution in [0.25, 0.3) is 0 Å². The molecule has 4 heteroatoms. The minimum absolute atomic E-state index is 0.0151. The SMILES string of the molecule is COC(=O)C1=CC[C@H]2N(C)CCC23c2ccccc2N(Cc2ccccc2)C13. The summed E-state index contributed by atoms with van der Waals surface area (Å²) >= 11 is 0. The summed E-state index contributed by atoms with van der Waals surface area (Å²) in [4.78, 5) is 17.7. The Balaban J connectivity index is 1.70. The molecular formula is C24H26N2O2. The van der Waals surface area contributed by atoms with E-state index in [9.17, 15) is 4.79 Å². The smallest absolute Gasteiger partial charge is 0.335 e. The number of fused-ring (bicyclic) bond motifs is 1. The predicted molar refractivity (Wildman–Crippen MR) is 110 cm³/mol. The lowest BCUT2D eigenvalue weighted by Crippen LogP contribution is -2.55. The number of esters is 1. The van der Waals surface area contributed by atoms with E-state index in [0.717, 1.165) is 31.5 Å². The molecule has 0 N–H and O–H groups in total. The van der Waals surface area contributed by atoms with E-state index in [1.165, 1.54) is 23.9 Å². The first-order chi connectivity index (χ1) is 13.7. The minimum Gasteiger partial charge on any atom is -0.466 e. The maximum atomic E-state index is 12.8. The zero-order chi connectivity index (χ0) is 19.3. The first-order valence-electron chi connectivity index (χ1n) is 10.1. The van der Waals surface area contributed by atoms with Crippen LogP contribution >= 0.6 is 0 Å². The number of hydrogen-bond donors (Lipinski definition) is 0. The van der Waals surface area contributed by atoms with Gasteiger partial charge in [-0.2, -0.15) is 0 Å². The number of hydrogen-bond acceptors (Lipinski definition) is 4. The number of methoxy groups -OCH3 is 1. The average Bonchev–Trinajstić information content (AvgIpc) is 3.23. The largest absolute Gasteiger partial charge is 0.466 e. The van der Waals surface area contributed by atoms with Gasteiger partial charge in [0.2, 0.25) is 0 Å². The van der Waals surface area contributed by atoms with E-state index >= 15 is 0 Å². The summed E-state index contributed by atoms with van der Waals surface area (Å²) in [5.41, 5.74) is 4.67. The first-order valence-corrected chi connectivity index (χ1v) is 10.1. The Morgan fingerprint density at radius 3 is 2.68 bits per heavy atom. The highest BCUT2D eigenvalue weighted by Crippen LogP contribution is 2.58. The van der Waals surface area contributed by atoms with E-state index in [2.05, 4.69) is 71.5 Å². The van der Waals surface area contributed by atoms with Crippen molar-refractivity contribution in [2.24, 2.45) is 0 Å². The summed E-state index contributed by atoms with van der Waals surface area (Å²) in [6.07, 6.45) is 4.09. The summed E-state index contributed by atoms with van der Waals surface area (Å²) < 4.78 is 5.22. The van der Waals surface area contributed by atoms with Gasteiger partial charge in [-0.05, 0) is 43.6 Å². The van der Waals surface area contributed by atoms with Crippen molar-refractivity contribution in [3.8, 4) is 0 Å². The van der Waals surface area contributed by atoms with Crippen LogP contribution in [0.5, 0.6) is 0 Å². The van der Waals surface area contributed by atoms with Crippen molar-refractivity contribution in [3.05, 3.63) is 77.4 Å². The fourth-order valence-corrected chi connectivity index (χ4v) is 5.85. The second-order valence-corrected chi connectivity index (χ2v) is 8.21. The van der Waals surface area contributed by atoms with Gasteiger partial charge < -0.3 is 14.5 Å². The van der Waals surface area contributed by atoms with Crippen molar-refractivity contribution >= 4 is 11.7 Å². The molecule has 2 aromatic rings. The summed E-state index contributed by atoms with van der Waals surface area (Å²) in [5.74, 6) is -0.191. The van der Waals surface area contributed by atoms with Crippen LogP contribution in [-0.2, 0) is 21.5 Å². The molecule has 0 bridgehead atoms. The summed E-state index contributed by atoms with van der Waals surface area (Å²) in [6, 6.07) is 19.7. The molecule has 1 aliphatic carbocycles. The third kappa shape index (κ3) is 2.31. The molecule has 28 heavy (non-hydrogen) atoms. The molecule has 2 unspecified atom stereocenters. The number of carbonyl (C=O) groups excluding carboxylic acids is 1. The van der Waals surface area contributed by atoms with Gasteiger partial charge in [-0.15, -0.1) is 0 Å². The van der Waals surface area contributed by atoms with Gasteiger partial charge in [-0.25, -0.2) is 4.79 Å². The quantitative estimate of drug-likeness (QED) is 0.770. The zero-order valence-corrected chi connectivity index (χ0v) is 16.5. The van der Waals surface area contributed by atoms with Crippen molar-refractivity contribution in [1.82, 2.24) is 4.90 Å². The molecule has 1 spiro atoms. The fourth-order valence-electron chi connectivity index (χ4n) is 5.85. The third-order valence-corrected chi connectivity index (χ3v) is 6.99. The normalized spacial score (nSPS) is 28.4. The monoisotopic (exact) mass is 374 g/mol. The number of likely N-dealkylation sites (tertiary alicyclic amines) is 1. The Morgan fingerprint density at radius 1 is 1.14 bits per heavy atom. The van der Waals surface area contributed by atoms with Gasteiger partial charge in [-0.1, -0.05) is 54.6 Å². The van der Waals surface area contributed by atoms with Crippen molar-refractivity contribution in [3.63, 3.8) is 0 Å². The van der Waals surface area contributed by atoms with Crippen LogP contribution in [0.4, 0.5) is 5.69 Å². The van der Waals surface area contributed by atoms with Crippen LogP contribution in [0.2, 0.25) is 0 Å². The fraction of sp³-hybridized carbons (Fsp3) is 0.375. The number of rotatable bonds is 3. The third-order valence-electron chi connectivity index (χ3n) is 6.99. The molecule has 4 nitrogen and oxygen atoms in total. The van der Waals surface area contributed by atoms with Gasteiger partial charge in [-0.3, -0.25) is 0 Å². The Morgan fingerprint density at radius 2 is 1.89 bits per heavy atom. The van der Waals surface area contributed by atoms with Gasteiger partial charge in [0, 0.05) is 23.7 Å². The number of nitrogens with zero attached hydrogens (tertiary/aromatic N) is 2. The molecule has 2 heterocycles. The lowest BCUT2D eigenvalue weighted by atomic mass is 9.64. The second-order valence-electron chi connectivity index (χ2n) is 8.21. The summed E-state index contributed by atoms with van der Waals surface area (Å²) in [6.45, 7) is 1.84. The molecule has 5 rings (SSSR count). The molecule has 1 fully saturated rings. The number of ether oxygens (including phenoxy) is 1.